The first-order valence-electron chi connectivity index (χ1n) is 6.48. The Morgan fingerprint density at radius 2 is 1.89 bits per heavy atom. The highest BCUT2D eigenvalue weighted by Gasteiger charge is 2.14. The first kappa shape index (κ1) is 13.4. The van der Waals surface area contributed by atoms with Gasteiger partial charge < -0.3 is 10.6 Å². The second-order valence-electron chi connectivity index (χ2n) is 4.77. The molecule has 0 saturated heterocycles. The number of amides is 1. The van der Waals surface area contributed by atoms with E-state index in [1.54, 1.807) is 0 Å². The Morgan fingerprint density at radius 3 is 2.56 bits per heavy atom. The van der Waals surface area contributed by atoms with Crippen molar-refractivity contribution in [3.8, 4) is 0 Å². The summed E-state index contributed by atoms with van der Waals surface area (Å²) >= 11 is 5.80. The minimum atomic E-state index is 0.0526. The van der Waals surface area contributed by atoms with Crippen molar-refractivity contribution in [3.63, 3.8) is 0 Å². The van der Waals surface area contributed by atoms with E-state index in [1.807, 2.05) is 24.3 Å². The summed E-state index contributed by atoms with van der Waals surface area (Å²) < 4.78 is 0. The van der Waals surface area contributed by atoms with Crippen molar-refractivity contribution in [2.24, 2.45) is 0 Å². The summed E-state index contributed by atoms with van der Waals surface area (Å²) in [5.74, 6) is 0.0526. The Bertz CT molecular complexity index is 385. The van der Waals surface area contributed by atoms with Crippen molar-refractivity contribution in [1.29, 1.82) is 0 Å². The van der Waals surface area contributed by atoms with Gasteiger partial charge in [-0.05, 0) is 30.5 Å². The van der Waals surface area contributed by atoms with Gasteiger partial charge in [0.1, 0.15) is 0 Å². The quantitative estimate of drug-likeness (QED) is 0.860. The van der Waals surface area contributed by atoms with Gasteiger partial charge in [0.15, 0.2) is 0 Å². The summed E-state index contributed by atoms with van der Waals surface area (Å²) in [6, 6.07) is 8.05. The predicted molar refractivity (Wildman–Crippen MR) is 73.6 cm³/mol. The zero-order valence-corrected chi connectivity index (χ0v) is 11.2. The fourth-order valence-electron chi connectivity index (χ4n) is 2.23. The Balaban J connectivity index is 1.66. The number of carbonyl (C=O) groups is 1. The van der Waals surface area contributed by atoms with E-state index in [1.165, 1.54) is 25.7 Å². The number of nitrogens with one attached hydrogen (secondary N) is 2. The van der Waals surface area contributed by atoms with Gasteiger partial charge in [-0.3, -0.25) is 4.79 Å². The molecule has 1 saturated carbocycles. The number of hydrogen-bond acceptors (Lipinski definition) is 2. The Morgan fingerprint density at radius 1 is 1.22 bits per heavy atom. The van der Waals surface area contributed by atoms with Gasteiger partial charge in [0.25, 0.3) is 0 Å². The maximum absolute atomic E-state index is 11.6. The Labute approximate surface area is 113 Å². The van der Waals surface area contributed by atoms with Crippen LogP contribution >= 0.6 is 11.6 Å². The molecule has 18 heavy (non-hydrogen) atoms. The van der Waals surface area contributed by atoms with Crippen LogP contribution in [0.15, 0.2) is 24.3 Å². The third kappa shape index (κ3) is 4.31. The summed E-state index contributed by atoms with van der Waals surface area (Å²) in [5, 5.41) is 6.91. The van der Waals surface area contributed by atoms with Crippen LogP contribution in [0.1, 0.15) is 31.2 Å². The van der Waals surface area contributed by atoms with E-state index in [0.29, 0.717) is 24.2 Å². The molecule has 1 aromatic rings. The largest absolute Gasteiger partial charge is 0.351 e. The second kappa shape index (κ2) is 6.76. The fourth-order valence-corrected chi connectivity index (χ4v) is 2.36. The topological polar surface area (TPSA) is 41.1 Å². The van der Waals surface area contributed by atoms with Crippen LogP contribution in [0.3, 0.4) is 0 Å². The third-order valence-corrected chi connectivity index (χ3v) is 3.56. The van der Waals surface area contributed by atoms with E-state index >= 15 is 0 Å². The van der Waals surface area contributed by atoms with Gasteiger partial charge in [0.05, 0.1) is 6.54 Å². The SMILES string of the molecule is O=C(CNC1CCCC1)NCc1ccc(Cl)cc1. The maximum atomic E-state index is 11.6. The molecule has 2 rings (SSSR count). The molecule has 0 radical (unpaired) electrons. The molecular weight excluding hydrogens is 248 g/mol. The van der Waals surface area contributed by atoms with Crippen molar-refractivity contribution in [2.75, 3.05) is 6.54 Å². The summed E-state index contributed by atoms with van der Waals surface area (Å²) in [6.45, 7) is 0.973. The van der Waals surface area contributed by atoms with Crippen molar-refractivity contribution in [1.82, 2.24) is 10.6 Å². The molecular formula is C14H19ClN2O. The molecule has 0 spiro atoms. The minimum absolute atomic E-state index is 0.0526. The molecule has 1 amide bonds. The van der Waals surface area contributed by atoms with E-state index in [9.17, 15) is 4.79 Å². The smallest absolute Gasteiger partial charge is 0.234 e. The van der Waals surface area contributed by atoms with E-state index in [2.05, 4.69) is 10.6 Å². The number of carbonyl (C=O) groups excluding carboxylic acids is 1. The van der Waals surface area contributed by atoms with Gasteiger partial charge in [-0.25, -0.2) is 0 Å². The molecule has 1 fully saturated rings. The zero-order valence-electron chi connectivity index (χ0n) is 10.4. The number of benzene rings is 1. The van der Waals surface area contributed by atoms with Crippen LogP contribution in [0, 0.1) is 0 Å². The van der Waals surface area contributed by atoms with Crippen LogP contribution in [0.5, 0.6) is 0 Å². The highest BCUT2D eigenvalue weighted by atomic mass is 35.5. The molecule has 98 valence electrons. The highest BCUT2D eigenvalue weighted by Crippen LogP contribution is 2.17. The molecule has 1 aliphatic rings. The van der Waals surface area contributed by atoms with Crippen LogP contribution < -0.4 is 10.6 Å². The minimum Gasteiger partial charge on any atom is -0.351 e. The zero-order chi connectivity index (χ0) is 12.8. The predicted octanol–water partition coefficient (Wildman–Crippen LogP) is 2.49. The molecule has 0 unspecified atom stereocenters. The van der Waals surface area contributed by atoms with E-state index in [0.717, 1.165) is 5.56 Å². The Hall–Kier alpha value is -1.06. The van der Waals surface area contributed by atoms with Gasteiger partial charge in [0.2, 0.25) is 5.91 Å². The number of halogens is 1. The normalized spacial score (nSPS) is 15.8. The maximum Gasteiger partial charge on any atom is 0.234 e. The lowest BCUT2D eigenvalue weighted by molar-refractivity contribution is -0.120. The molecule has 0 heterocycles. The van der Waals surface area contributed by atoms with Crippen LogP contribution in [-0.2, 0) is 11.3 Å². The lowest BCUT2D eigenvalue weighted by Gasteiger charge is -2.11. The third-order valence-electron chi connectivity index (χ3n) is 3.31. The average Bonchev–Trinajstić information content (AvgIpc) is 2.89. The highest BCUT2D eigenvalue weighted by molar-refractivity contribution is 6.30. The molecule has 2 N–H and O–H groups in total. The van der Waals surface area contributed by atoms with Crippen LogP contribution in [0.4, 0.5) is 0 Å². The molecule has 0 bridgehead atoms. The van der Waals surface area contributed by atoms with Crippen molar-refractivity contribution < 1.29 is 4.79 Å². The molecule has 4 heteroatoms. The number of rotatable bonds is 5. The number of hydrogen-bond donors (Lipinski definition) is 2. The summed E-state index contributed by atoms with van der Waals surface area (Å²) in [5.41, 5.74) is 1.06. The van der Waals surface area contributed by atoms with Crippen molar-refractivity contribution in [2.45, 2.75) is 38.3 Å². The van der Waals surface area contributed by atoms with E-state index < -0.39 is 0 Å². The average molecular weight is 267 g/mol. The lowest BCUT2D eigenvalue weighted by Crippen LogP contribution is -2.37. The summed E-state index contributed by atoms with van der Waals surface area (Å²) in [7, 11) is 0. The summed E-state index contributed by atoms with van der Waals surface area (Å²) in [6.07, 6.45) is 4.96. The molecule has 0 aromatic heterocycles. The monoisotopic (exact) mass is 266 g/mol. The molecule has 0 aliphatic heterocycles. The fraction of sp³-hybridized carbons (Fsp3) is 0.500. The van der Waals surface area contributed by atoms with E-state index in [-0.39, 0.29) is 5.91 Å². The lowest BCUT2D eigenvalue weighted by atomic mass is 10.2. The van der Waals surface area contributed by atoms with Crippen LogP contribution in [0.25, 0.3) is 0 Å². The molecule has 1 aliphatic carbocycles. The molecule has 3 nitrogen and oxygen atoms in total. The first-order chi connectivity index (χ1) is 8.74. The first-order valence-corrected chi connectivity index (χ1v) is 6.86. The summed E-state index contributed by atoms with van der Waals surface area (Å²) in [4.78, 5) is 11.6. The van der Waals surface area contributed by atoms with Gasteiger partial charge in [-0.15, -0.1) is 0 Å². The van der Waals surface area contributed by atoms with Crippen LogP contribution in [-0.4, -0.2) is 18.5 Å². The standard InChI is InChI=1S/C14H19ClN2O/c15-12-7-5-11(6-8-12)9-17-14(18)10-16-13-3-1-2-4-13/h5-8,13,16H,1-4,9-10H2,(H,17,18). The molecule has 1 aromatic carbocycles. The van der Waals surface area contributed by atoms with Gasteiger partial charge in [-0.1, -0.05) is 36.6 Å². The van der Waals surface area contributed by atoms with Gasteiger partial charge in [-0.2, -0.15) is 0 Å². The Kier molecular flexibility index (Phi) is 5.02. The molecule has 0 atom stereocenters. The van der Waals surface area contributed by atoms with Crippen molar-refractivity contribution >= 4 is 17.5 Å². The van der Waals surface area contributed by atoms with E-state index in [4.69, 9.17) is 11.6 Å². The van der Waals surface area contributed by atoms with Gasteiger partial charge >= 0.3 is 0 Å². The van der Waals surface area contributed by atoms with Gasteiger partial charge in [0, 0.05) is 17.6 Å². The second-order valence-corrected chi connectivity index (χ2v) is 5.20. The van der Waals surface area contributed by atoms with Crippen molar-refractivity contribution in [3.05, 3.63) is 34.9 Å². The van der Waals surface area contributed by atoms with Crippen LogP contribution in [0.2, 0.25) is 5.02 Å².